The summed E-state index contributed by atoms with van der Waals surface area (Å²) in [6, 6.07) is 11.0. The summed E-state index contributed by atoms with van der Waals surface area (Å²) < 4.78 is 0. The molecule has 2 aliphatic rings. The van der Waals surface area contributed by atoms with Crippen LogP contribution in [-0.2, 0) is 26.2 Å². The third-order valence-electron chi connectivity index (χ3n) is 7.44. The molecule has 0 fully saturated rings. The maximum Gasteiger partial charge on any atom is 0.0368 e. The van der Waals surface area contributed by atoms with Crippen LogP contribution in [0.25, 0.3) is 11.1 Å². The van der Waals surface area contributed by atoms with Crippen molar-refractivity contribution in [2.24, 2.45) is 10.8 Å². The van der Waals surface area contributed by atoms with Crippen LogP contribution in [0.15, 0.2) is 45.6 Å². The molecule has 0 atom stereocenters. The van der Waals surface area contributed by atoms with Gasteiger partial charge in [0.15, 0.2) is 0 Å². The molecule has 0 aliphatic heterocycles. The van der Waals surface area contributed by atoms with Gasteiger partial charge in [0, 0.05) is 42.6 Å². The van der Waals surface area contributed by atoms with Gasteiger partial charge < -0.3 is 0 Å². The molecule has 0 nitrogen and oxygen atoms in total. The Morgan fingerprint density at radius 3 is 1.52 bits per heavy atom. The van der Waals surface area contributed by atoms with Crippen LogP contribution < -0.4 is 0 Å². The number of hydrogen-bond acceptors (Lipinski definition) is 0. The van der Waals surface area contributed by atoms with Crippen molar-refractivity contribution in [1.82, 2.24) is 0 Å². The SMILES string of the molecule is CC1=C(C)C(C)(C)C(c2c#cccc2C2=C(C)C(C)=C(C)C2(C)C)=C1C.[Zr]. The van der Waals surface area contributed by atoms with Crippen molar-refractivity contribution in [3.8, 4) is 0 Å². The molecule has 0 saturated heterocycles. The van der Waals surface area contributed by atoms with Crippen LogP contribution in [0.5, 0.6) is 0 Å². The van der Waals surface area contributed by atoms with Crippen molar-refractivity contribution >= 4 is 11.1 Å². The second-order valence-electron chi connectivity index (χ2n) is 9.14. The average Bonchev–Trinajstić information content (AvgIpc) is 2.83. The predicted molar refractivity (Wildman–Crippen MR) is 114 cm³/mol. The second-order valence-corrected chi connectivity index (χ2v) is 9.14. The summed E-state index contributed by atoms with van der Waals surface area (Å²) in [7, 11) is 0. The minimum atomic E-state index is 0. The minimum Gasteiger partial charge on any atom is -0.0696 e. The van der Waals surface area contributed by atoms with Crippen LogP contribution in [0.3, 0.4) is 0 Å². The Morgan fingerprint density at radius 2 is 1.11 bits per heavy atom. The summed E-state index contributed by atoms with van der Waals surface area (Å²) in [6.07, 6.45) is 0. The van der Waals surface area contributed by atoms with Gasteiger partial charge in [-0.15, -0.1) is 0 Å². The molecule has 0 unspecified atom stereocenters. The van der Waals surface area contributed by atoms with Gasteiger partial charge in [-0.25, -0.2) is 0 Å². The van der Waals surface area contributed by atoms with Crippen molar-refractivity contribution in [2.45, 2.75) is 69.2 Å². The van der Waals surface area contributed by atoms with E-state index in [1.807, 2.05) is 6.07 Å². The topological polar surface area (TPSA) is 0 Å². The first kappa shape index (κ1) is 22.2. The molecule has 0 N–H and O–H groups in total. The van der Waals surface area contributed by atoms with E-state index in [2.05, 4.69) is 87.4 Å². The fraction of sp³-hybridized carbons (Fsp3) is 0.462. The largest absolute Gasteiger partial charge is 0.0696 e. The van der Waals surface area contributed by atoms with Gasteiger partial charge in [0.1, 0.15) is 0 Å². The summed E-state index contributed by atoms with van der Waals surface area (Å²) in [5.41, 5.74) is 14.1. The van der Waals surface area contributed by atoms with E-state index in [-0.39, 0.29) is 37.0 Å². The Labute approximate surface area is 185 Å². The Balaban J connectivity index is 0.00000261. The van der Waals surface area contributed by atoms with Crippen molar-refractivity contribution in [1.29, 1.82) is 0 Å². The summed E-state index contributed by atoms with van der Waals surface area (Å²) in [5.74, 6) is 0. The second kappa shape index (κ2) is 7.05. The van der Waals surface area contributed by atoms with Crippen LogP contribution in [-0.4, -0.2) is 0 Å². The maximum absolute atomic E-state index is 3.51. The Kier molecular flexibility index (Phi) is 5.79. The summed E-state index contributed by atoms with van der Waals surface area (Å²) >= 11 is 0. The van der Waals surface area contributed by atoms with E-state index >= 15 is 0 Å². The van der Waals surface area contributed by atoms with Crippen LogP contribution in [0, 0.1) is 23.0 Å². The molecular formula is C26H32Zr. The Bertz CT molecular complexity index is 850. The van der Waals surface area contributed by atoms with E-state index in [4.69, 9.17) is 0 Å². The zero-order valence-electron chi connectivity index (χ0n) is 18.7. The Hall–Kier alpha value is -1.12. The van der Waals surface area contributed by atoms with Gasteiger partial charge in [-0.05, 0) is 92.7 Å². The molecule has 1 aromatic carbocycles. The third-order valence-corrected chi connectivity index (χ3v) is 7.44. The van der Waals surface area contributed by atoms with Gasteiger partial charge in [0.05, 0.1) is 0 Å². The van der Waals surface area contributed by atoms with E-state index in [9.17, 15) is 0 Å². The van der Waals surface area contributed by atoms with Crippen LogP contribution in [0.4, 0.5) is 0 Å². The molecule has 0 aromatic heterocycles. The van der Waals surface area contributed by atoms with E-state index < -0.39 is 0 Å². The van der Waals surface area contributed by atoms with Gasteiger partial charge in [-0.3, -0.25) is 0 Å². The van der Waals surface area contributed by atoms with Crippen LogP contribution in [0.1, 0.15) is 80.4 Å². The molecule has 1 heteroatoms. The van der Waals surface area contributed by atoms with Crippen molar-refractivity contribution in [3.63, 3.8) is 0 Å². The van der Waals surface area contributed by atoms with E-state index in [0.29, 0.717) is 0 Å². The molecule has 0 saturated carbocycles. The molecule has 0 bridgehead atoms. The fourth-order valence-corrected chi connectivity index (χ4v) is 5.02. The first-order chi connectivity index (χ1) is 11.9. The molecule has 1 aromatic rings. The van der Waals surface area contributed by atoms with Gasteiger partial charge in [-0.1, -0.05) is 51.0 Å². The first-order valence-electron chi connectivity index (χ1n) is 9.66. The first-order valence-corrected chi connectivity index (χ1v) is 9.66. The summed E-state index contributed by atoms with van der Waals surface area (Å²) in [5, 5.41) is 0. The zero-order chi connectivity index (χ0) is 19.6. The van der Waals surface area contributed by atoms with Crippen molar-refractivity contribution in [2.75, 3.05) is 0 Å². The van der Waals surface area contributed by atoms with Gasteiger partial charge in [-0.2, -0.15) is 0 Å². The smallest absolute Gasteiger partial charge is 0.0368 e. The van der Waals surface area contributed by atoms with Crippen molar-refractivity contribution in [3.05, 3.63) is 68.8 Å². The maximum atomic E-state index is 3.51. The summed E-state index contributed by atoms with van der Waals surface area (Å²) in [4.78, 5) is 0. The molecule has 2 aliphatic carbocycles. The Morgan fingerprint density at radius 1 is 0.667 bits per heavy atom. The van der Waals surface area contributed by atoms with Gasteiger partial charge in [0.25, 0.3) is 0 Å². The zero-order valence-corrected chi connectivity index (χ0v) is 21.1. The van der Waals surface area contributed by atoms with E-state index in [1.54, 1.807) is 0 Å². The predicted octanol–water partition coefficient (Wildman–Crippen LogP) is 7.58. The number of allylic oxidation sites excluding steroid dienone is 8. The normalized spacial score (nSPS) is 21.1. The average molecular weight is 436 g/mol. The molecule has 0 radical (unpaired) electrons. The quantitative estimate of drug-likeness (QED) is 0.449. The molecule has 3 rings (SSSR count). The van der Waals surface area contributed by atoms with E-state index in [0.717, 1.165) is 0 Å². The molecule has 0 spiro atoms. The molecule has 0 amide bonds. The van der Waals surface area contributed by atoms with Gasteiger partial charge in [0.2, 0.25) is 0 Å². The standard InChI is InChI=1S/C26H32.Zr/c1-15-17(3)23(25(7,8)19(15)5)21-13-11-12-14-22(21)24-18(4)16(2)20(6)26(24,9)10;/h11,13H,1-10H3;. The minimum absolute atomic E-state index is 0. The molecule has 0 heterocycles. The number of rotatable bonds is 2. The van der Waals surface area contributed by atoms with Gasteiger partial charge >= 0.3 is 0 Å². The van der Waals surface area contributed by atoms with Crippen LogP contribution in [0.2, 0.25) is 0 Å². The third kappa shape index (κ3) is 3.00. The molecule has 27 heavy (non-hydrogen) atoms. The molecular weight excluding hydrogens is 404 g/mol. The van der Waals surface area contributed by atoms with Crippen molar-refractivity contribution < 1.29 is 26.2 Å². The summed E-state index contributed by atoms with van der Waals surface area (Å²) in [6.45, 7) is 23.0. The number of hydrogen-bond donors (Lipinski definition) is 0. The monoisotopic (exact) mass is 434 g/mol. The van der Waals surface area contributed by atoms with E-state index in [1.165, 1.54) is 55.7 Å². The fourth-order valence-electron chi connectivity index (χ4n) is 5.02. The molecule has 140 valence electrons. The van der Waals surface area contributed by atoms with Crippen LogP contribution >= 0.6 is 0 Å².